The Kier molecular flexibility index (Phi) is 14.1. The zero-order valence-corrected chi connectivity index (χ0v) is 27.7. The van der Waals surface area contributed by atoms with Crippen molar-refractivity contribution < 1.29 is 0 Å². The van der Waals surface area contributed by atoms with E-state index in [2.05, 4.69) is 78.2 Å². The molecule has 1 aliphatic rings. The lowest BCUT2D eigenvalue weighted by Gasteiger charge is -2.12. The monoisotopic (exact) mass is 578 g/mol. The average Bonchev–Trinajstić information content (AvgIpc) is 3.60. The van der Waals surface area contributed by atoms with Gasteiger partial charge in [-0.15, -0.1) is 0 Å². The van der Waals surface area contributed by atoms with Crippen molar-refractivity contribution in [1.29, 1.82) is 0 Å². The van der Waals surface area contributed by atoms with Gasteiger partial charge in [0.1, 0.15) is 11.6 Å². The molecule has 0 amide bonds. The molecule has 0 saturated carbocycles. The standard InChI is InChI=1S/C31H32N6.3C2H6/c1-5-33-28-17-23(12-9-13-25(28)32)31-35-26-15-14-24(18-29(26)37-31)30-34-21(4)27(36-30)16-19(2)20(3)22-10-7-6-8-11-22;3*1-2/h5-12,14-18,20H,13,32H2,1-4H3,(H,34,36)(H,35,37);3*1-2H3/b19-16-,33-5?;;;. The summed E-state index contributed by atoms with van der Waals surface area (Å²) in [5, 5.41) is 0. The minimum absolute atomic E-state index is 0.321. The van der Waals surface area contributed by atoms with Crippen LogP contribution < -0.4 is 5.73 Å². The van der Waals surface area contributed by atoms with Crippen molar-refractivity contribution in [3.05, 3.63) is 107 Å². The van der Waals surface area contributed by atoms with E-state index >= 15 is 0 Å². The molecular weight excluding hydrogens is 528 g/mol. The fraction of sp³-hybridized carbons (Fsp3) is 0.324. The van der Waals surface area contributed by atoms with Gasteiger partial charge in [0.05, 0.1) is 22.4 Å². The normalized spacial score (nSPS) is 13.7. The number of hydrogen-bond acceptors (Lipinski definition) is 4. The number of aromatic nitrogens is 4. The summed E-state index contributed by atoms with van der Waals surface area (Å²) in [5.74, 6) is 1.94. The molecule has 0 fully saturated rings. The maximum Gasteiger partial charge on any atom is 0.138 e. The molecular formula is C37H50N6. The van der Waals surface area contributed by atoms with Crippen LogP contribution in [0.5, 0.6) is 0 Å². The maximum absolute atomic E-state index is 6.18. The predicted molar refractivity (Wildman–Crippen MR) is 188 cm³/mol. The van der Waals surface area contributed by atoms with Gasteiger partial charge in [0.2, 0.25) is 0 Å². The number of aliphatic imine (C=N–C) groups is 1. The summed E-state index contributed by atoms with van der Waals surface area (Å²) < 4.78 is 0. The molecule has 4 aromatic rings. The molecule has 4 N–H and O–H groups in total. The Bertz CT molecular complexity index is 1590. The molecule has 0 bridgehead atoms. The van der Waals surface area contributed by atoms with Crippen molar-refractivity contribution >= 4 is 28.9 Å². The van der Waals surface area contributed by atoms with Gasteiger partial charge in [-0.05, 0) is 56.7 Å². The Morgan fingerprint density at radius 3 is 2.33 bits per heavy atom. The first kappa shape index (κ1) is 34.7. The van der Waals surface area contributed by atoms with Crippen LogP contribution in [-0.4, -0.2) is 26.2 Å². The van der Waals surface area contributed by atoms with Gasteiger partial charge in [-0.3, -0.25) is 4.99 Å². The molecule has 0 aliphatic heterocycles. The minimum atomic E-state index is 0.321. The number of allylic oxidation sites excluding steroid dienone is 5. The van der Waals surface area contributed by atoms with Crippen LogP contribution in [0.1, 0.15) is 97.4 Å². The van der Waals surface area contributed by atoms with Crippen LogP contribution in [0.2, 0.25) is 0 Å². The Morgan fingerprint density at radius 1 is 0.953 bits per heavy atom. The molecule has 1 unspecified atom stereocenters. The second kappa shape index (κ2) is 17.5. The van der Waals surface area contributed by atoms with Crippen LogP contribution in [-0.2, 0) is 0 Å². The highest BCUT2D eigenvalue weighted by molar-refractivity contribution is 5.85. The molecule has 2 heterocycles. The molecule has 6 heteroatoms. The summed E-state index contributed by atoms with van der Waals surface area (Å²) in [6.45, 7) is 20.3. The van der Waals surface area contributed by atoms with Crippen LogP contribution in [0.25, 0.3) is 34.1 Å². The van der Waals surface area contributed by atoms with Gasteiger partial charge in [0.15, 0.2) is 0 Å². The van der Waals surface area contributed by atoms with Gasteiger partial charge >= 0.3 is 0 Å². The summed E-state index contributed by atoms with van der Waals surface area (Å²) in [6.07, 6.45) is 10.7. The fourth-order valence-electron chi connectivity index (χ4n) is 4.50. The zero-order valence-electron chi connectivity index (χ0n) is 27.7. The molecule has 6 nitrogen and oxygen atoms in total. The van der Waals surface area contributed by atoms with Crippen molar-refractivity contribution in [1.82, 2.24) is 19.9 Å². The van der Waals surface area contributed by atoms with Gasteiger partial charge in [0, 0.05) is 41.1 Å². The quantitative estimate of drug-likeness (QED) is 0.199. The fourth-order valence-corrected chi connectivity index (χ4v) is 4.50. The Hall–Kier alpha value is -4.45. The molecule has 0 spiro atoms. The number of hydrogen-bond donors (Lipinski definition) is 3. The highest BCUT2D eigenvalue weighted by Crippen LogP contribution is 2.29. The van der Waals surface area contributed by atoms with Gasteiger partial charge in [-0.1, -0.05) is 96.5 Å². The molecule has 2 aromatic heterocycles. The van der Waals surface area contributed by atoms with E-state index < -0.39 is 0 Å². The van der Waals surface area contributed by atoms with Crippen LogP contribution in [0.4, 0.5) is 0 Å². The van der Waals surface area contributed by atoms with Crippen LogP contribution in [0, 0.1) is 6.92 Å². The summed E-state index contributed by atoms with van der Waals surface area (Å²) in [4.78, 5) is 21.1. The third kappa shape index (κ3) is 8.77. The Labute approximate surface area is 258 Å². The summed E-state index contributed by atoms with van der Waals surface area (Å²) in [5.41, 5.74) is 16.1. The lowest BCUT2D eigenvalue weighted by Crippen LogP contribution is -1.98. The largest absolute Gasteiger partial charge is 0.400 e. The first-order valence-electron chi connectivity index (χ1n) is 15.6. The summed E-state index contributed by atoms with van der Waals surface area (Å²) in [7, 11) is 0. The number of H-pyrrole nitrogens is 2. The minimum Gasteiger partial charge on any atom is -0.400 e. The number of nitrogens with two attached hydrogens (primary N) is 1. The van der Waals surface area contributed by atoms with Crippen molar-refractivity contribution in [2.45, 2.75) is 81.6 Å². The maximum atomic E-state index is 6.18. The number of nitrogens with zero attached hydrogens (tertiary/aromatic N) is 3. The molecule has 1 aliphatic carbocycles. The van der Waals surface area contributed by atoms with E-state index in [1.54, 1.807) is 6.21 Å². The number of benzene rings is 2. The molecule has 5 rings (SSSR count). The average molecular weight is 579 g/mol. The van der Waals surface area contributed by atoms with Crippen LogP contribution >= 0.6 is 0 Å². The topological polar surface area (TPSA) is 95.7 Å². The molecule has 1 atom stereocenters. The number of aryl methyl sites for hydroxylation is 1. The zero-order chi connectivity index (χ0) is 31.9. The molecule has 0 saturated heterocycles. The van der Waals surface area contributed by atoms with E-state index in [-0.39, 0.29) is 0 Å². The number of nitrogens with one attached hydrogen (secondary N) is 2. The van der Waals surface area contributed by atoms with E-state index in [0.29, 0.717) is 12.3 Å². The van der Waals surface area contributed by atoms with E-state index in [1.807, 2.05) is 78.8 Å². The van der Waals surface area contributed by atoms with Crippen molar-refractivity contribution in [2.75, 3.05) is 0 Å². The third-order valence-electron chi connectivity index (χ3n) is 6.82. The smallest absolute Gasteiger partial charge is 0.138 e. The number of imidazole rings is 2. The first-order valence-corrected chi connectivity index (χ1v) is 15.6. The lowest BCUT2D eigenvalue weighted by molar-refractivity contribution is 0.901. The Balaban J connectivity index is 0.00000101. The van der Waals surface area contributed by atoms with Gasteiger partial charge in [-0.25, -0.2) is 9.97 Å². The van der Waals surface area contributed by atoms with Crippen LogP contribution in [0.15, 0.2) is 88.7 Å². The SMILES string of the molecule is CC.CC.CC.CC=NC1=C(N)CC=CC(c2nc3ccc(-c4nc(/C=C(/C)C(C)c5ccccc5)c(C)[nH]4)cc3[nH]2)=C1. The lowest BCUT2D eigenvalue weighted by atomic mass is 9.93. The predicted octanol–water partition coefficient (Wildman–Crippen LogP) is 10.2. The van der Waals surface area contributed by atoms with Gasteiger partial charge in [0.25, 0.3) is 0 Å². The number of rotatable bonds is 6. The number of aromatic amines is 2. The second-order valence-corrected chi connectivity index (χ2v) is 9.44. The Morgan fingerprint density at radius 2 is 1.65 bits per heavy atom. The van der Waals surface area contributed by atoms with Gasteiger partial charge in [-0.2, -0.15) is 0 Å². The summed E-state index contributed by atoms with van der Waals surface area (Å²) in [6, 6.07) is 16.7. The van der Waals surface area contributed by atoms with Gasteiger partial charge < -0.3 is 15.7 Å². The third-order valence-corrected chi connectivity index (χ3v) is 6.82. The summed E-state index contributed by atoms with van der Waals surface area (Å²) >= 11 is 0. The van der Waals surface area contributed by atoms with Crippen molar-refractivity contribution in [3.63, 3.8) is 0 Å². The first-order chi connectivity index (χ1) is 20.9. The van der Waals surface area contributed by atoms with Crippen molar-refractivity contribution in [2.24, 2.45) is 10.7 Å². The molecule has 0 radical (unpaired) electrons. The molecule has 2 aromatic carbocycles. The highest BCUT2D eigenvalue weighted by atomic mass is 14.9. The second-order valence-electron chi connectivity index (χ2n) is 9.44. The van der Waals surface area contributed by atoms with E-state index in [0.717, 1.165) is 56.6 Å². The number of fused-ring (bicyclic) bond motifs is 1. The van der Waals surface area contributed by atoms with E-state index in [9.17, 15) is 0 Å². The molecule has 43 heavy (non-hydrogen) atoms. The highest BCUT2D eigenvalue weighted by Gasteiger charge is 2.14. The van der Waals surface area contributed by atoms with Crippen molar-refractivity contribution in [3.8, 4) is 11.4 Å². The van der Waals surface area contributed by atoms with E-state index in [1.165, 1.54) is 11.1 Å². The van der Waals surface area contributed by atoms with Crippen LogP contribution in [0.3, 0.4) is 0 Å². The molecule has 228 valence electrons. The van der Waals surface area contributed by atoms with E-state index in [4.69, 9.17) is 15.7 Å².